The van der Waals surface area contributed by atoms with Gasteiger partial charge in [-0.05, 0) is 24.3 Å². The number of imidazole rings is 1. The predicted molar refractivity (Wildman–Crippen MR) is 66.0 cm³/mol. The fraction of sp³-hybridized carbons (Fsp3) is 0.0833. The maximum absolute atomic E-state index is 4.30. The van der Waals surface area contributed by atoms with E-state index in [4.69, 9.17) is 0 Å². The third-order valence-electron chi connectivity index (χ3n) is 2.55. The van der Waals surface area contributed by atoms with Crippen LogP contribution in [-0.2, 0) is 7.05 Å². The van der Waals surface area contributed by atoms with Crippen LogP contribution in [0.5, 0.6) is 0 Å². The minimum Gasteiger partial charge on any atom is -0.334 e. The van der Waals surface area contributed by atoms with Crippen LogP contribution in [0, 0.1) is 0 Å². The van der Waals surface area contributed by atoms with Crippen LogP contribution < -0.4 is 5.32 Å². The Morgan fingerprint density at radius 1 is 1.12 bits per heavy atom. The van der Waals surface area contributed by atoms with Crippen LogP contribution in [0.15, 0.2) is 43.0 Å². The Labute approximate surface area is 98.2 Å². The molecular weight excluding hydrogens is 214 g/mol. The smallest absolute Gasteiger partial charge is 0.227 e. The summed E-state index contributed by atoms with van der Waals surface area (Å²) in [5.74, 6) is 0.586. The first kappa shape index (κ1) is 9.77. The van der Waals surface area contributed by atoms with Gasteiger partial charge in [0.2, 0.25) is 5.95 Å². The Balaban J connectivity index is 1.96. The SMILES string of the molecule is Cn1cnc2cc(Nc3ncccn3)ccc21. The van der Waals surface area contributed by atoms with Gasteiger partial charge < -0.3 is 9.88 Å². The van der Waals surface area contributed by atoms with Crippen molar-refractivity contribution in [2.24, 2.45) is 7.05 Å². The number of benzene rings is 1. The highest BCUT2D eigenvalue weighted by Gasteiger charge is 2.01. The van der Waals surface area contributed by atoms with Crippen LogP contribution in [0.3, 0.4) is 0 Å². The molecule has 17 heavy (non-hydrogen) atoms. The average Bonchev–Trinajstić information content (AvgIpc) is 2.72. The summed E-state index contributed by atoms with van der Waals surface area (Å²) in [6, 6.07) is 7.77. The van der Waals surface area contributed by atoms with E-state index in [0.717, 1.165) is 16.7 Å². The third kappa shape index (κ3) is 1.82. The van der Waals surface area contributed by atoms with Gasteiger partial charge in [-0.25, -0.2) is 15.0 Å². The maximum atomic E-state index is 4.30. The molecule has 0 aliphatic carbocycles. The van der Waals surface area contributed by atoms with Crippen molar-refractivity contribution < 1.29 is 0 Å². The summed E-state index contributed by atoms with van der Waals surface area (Å²) in [6.45, 7) is 0. The summed E-state index contributed by atoms with van der Waals surface area (Å²) >= 11 is 0. The van der Waals surface area contributed by atoms with Crippen LogP contribution in [0.4, 0.5) is 11.6 Å². The molecule has 1 N–H and O–H groups in total. The zero-order valence-electron chi connectivity index (χ0n) is 9.33. The van der Waals surface area contributed by atoms with Crippen molar-refractivity contribution in [1.29, 1.82) is 0 Å². The standard InChI is InChI=1S/C12H11N5/c1-17-8-15-10-7-9(3-4-11(10)17)16-12-13-5-2-6-14-12/h2-8H,1H3,(H,13,14,16). The fourth-order valence-corrected chi connectivity index (χ4v) is 1.71. The molecule has 84 valence electrons. The summed E-state index contributed by atoms with van der Waals surface area (Å²) in [4.78, 5) is 12.5. The predicted octanol–water partition coefficient (Wildman–Crippen LogP) is 2.11. The van der Waals surface area contributed by atoms with Crippen LogP contribution in [-0.4, -0.2) is 19.5 Å². The third-order valence-corrected chi connectivity index (χ3v) is 2.55. The topological polar surface area (TPSA) is 55.6 Å². The zero-order valence-corrected chi connectivity index (χ0v) is 9.33. The highest BCUT2D eigenvalue weighted by Crippen LogP contribution is 2.19. The van der Waals surface area contributed by atoms with Crippen molar-refractivity contribution in [2.75, 3.05) is 5.32 Å². The molecule has 0 amide bonds. The first-order valence-corrected chi connectivity index (χ1v) is 5.28. The van der Waals surface area contributed by atoms with Gasteiger partial charge in [0.1, 0.15) is 0 Å². The number of hydrogen-bond acceptors (Lipinski definition) is 4. The Kier molecular flexibility index (Phi) is 2.22. The molecule has 3 aromatic rings. The van der Waals surface area contributed by atoms with Gasteiger partial charge in [0.15, 0.2) is 0 Å². The van der Waals surface area contributed by atoms with E-state index in [1.165, 1.54) is 0 Å². The number of aryl methyl sites for hydroxylation is 1. The van der Waals surface area contributed by atoms with Gasteiger partial charge in [0.25, 0.3) is 0 Å². The molecule has 3 rings (SSSR count). The molecular formula is C12H11N5. The monoisotopic (exact) mass is 225 g/mol. The molecule has 0 aliphatic heterocycles. The van der Waals surface area contributed by atoms with Gasteiger partial charge in [-0.15, -0.1) is 0 Å². The molecule has 1 aromatic carbocycles. The van der Waals surface area contributed by atoms with E-state index in [9.17, 15) is 0 Å². The summed E-state index contributed by atoms with van der Waals surface area (Å²) in [5, 5.41) is 3.13. The van der Waals surface area contributed by atoms with Gasteiger partial charge in [-0.1, -0.05) is 0 Å². The molecule has 0 aliphatic rings. The first-order valence-electron chi connectivity index (χ1n) is 5.28. The highest BCUT2D eigenvalue weighted by molar-refractivity contribution is 5.80. The van der Waals surface area contributed by atoms with Crippen molar-refractivity contribution >= 4 is 22.7 Å². The minimum atomic E-state index is 0.586. The van der Waals surface area contributed by atoms with Gasteiger partial charge in [-0.2, -0.15) is 0 Å². The van der Waals surface area contributed by atoms with E-state index in [0.29, 0.717) is 5.95 Å². The molecule has 2 aromatic heterocycles. The Bertz CT molecular complexity index is 644. The number of fused-ring (bicyclic) bond motifs is 1. The summed E-state index contributed by atoms with van der Waals surface area (Å²) in [5.41, 5.74) is 2.99. The van der Waals surface area contributed by atoms with Crippen molar-refractivity contribution in [2.45, 2.75) is 0 Å². The number of anilines is 2. The number of rotatable bonds is 2. The molecule has 0 unspecified atom stereocenters. The normalized spacial score (nSPS) is 10.6. The van der Waals surface area contributed by atoms with E-state index >= 15 is 0 Å². The quantitative estimate of drug-likeness (QED) is 0.725. The van der Waals surface area contributed by atoms with Crippen molar-refractivity contribution in [1.82, 2.24) is 19.5 Å². The lowest BCUT2D eigenvalue weighted by Crippen LogP contribution is -1.95. The van der Waals surface area contributed by atoms with E-state index in [1.807, 2.05) is 29.8 Å². The molecule has 0 saturated heterocycles. The van der Waals surface area contributed by atoms with E-state index < -0.39 is 0 Å². The van der Waals surface area contributed by atoms with Crippen LogP contribution in [0.2, 0.25) is 0 Å². The molecule has 0 spiro atoms. The van der Waals surface area contributed by atoms with E-state index in [1.54, 1.807) is 24.8 Å². The molecule has 2 heterocycles. The largest absolute Gasteiger partial charge is 0.334 e. The van der Waals surface area contributed by atoms with E-state index in [2.05, 4.69) is 20.3 Å². The second-order valence-electron chi connectivity index (χ2n) is 3.76. The molecule has 5 heteroatoms. The number of nitrogens with one attached hydrogen (secondary N) is 1. The molecule has 0 radical (unpaired) electrons. The molecule has 0 saturated carbocycles. The van der Waals surface area contributed by atoms with Gasteiger partial charge in [0.05, 0.1) is 17.4 Å². The second-order valence-corrected chi connectivity index (χ2v) is 3.76. The van der Waals surface area contributed by atoms with Crippen molar-refractivity contribution in [3.05, 3.63) is 43.0 Å². The Morgan fingerprint density at radius 2 is 1.94 bits per heavy atom. The lowest BCUT2D eigenvalue weighted by Gasteiger charge is -2.03. The van der Waals surface area contributed by atoms with Crippen LogP contribution in [0.1, 0.15) is 0 Å². The lowest BCUT2D eigenvalue weighted by atomic mass is 10.3. The van der Waals surface area contributed by atoms with Gasteiger partial charge in [-0.3, -0.25) is 0 Å². The van der Waals surface area contributed by atoms with Crippen molar-refractivity contribution in [3.63, 3.8) is 0 Å². The zero-order chi connectivity index (χ0) is 11.7. The molecule has 0 bridgehead atoms. The lowest BCUT2D eigenvalue weighted by molar-refractivity contribution is 0.948. The Morgan fingerprint density at radius 3 is 2.76 bits per heavy atom. The van der Waals surface area contributed by atoms with Crippen molar-refractivity contribution in [3.8, 4) is 0 Å². The summed E-state index contributed by atoms with van der Waals surface area (Å²) in [7, 11) is 1.97. The minimum absolute atomic E-state index is 0.586. The summed E-state index contributed by atoms with van der Waals surface area (Å²) < 4.78 is 1.98. The second kappa shape index (κ2) is 3.86. The highest BCUT2D eigenvalue weighted by atomic mass is 15.1. The molecule has 5 nitrogen and oxygen atoms in total. The summed E-state index contributed by atoms with van der Waals surface area (Å²) in [6.07, 6.45) is 5.21. The van der Waals surface area contributed by atoms with Crippen LogP contribution >= 0.6 is 0 Å². The molecule has 0 fully saturated rings. The maximum Gasteiger partial charge on any atom is 0.227 e. The average molecular weight is 225 g/mol. The number of hydrogen-bond donors (Lipinski definition) is 1. The fourth-order valence-electron chi connectivity index (χ4n) is 1.71. The van der Waals surface area contributed by atoms with Gasteiger partial charge >= 0.3 is 0 Å². The number of nitrogens with zero attached hydrogens (tertiary/aromatic N) is 4. The first-order chi connectivity index (χ1) is 8.33. The Hall–Kier alpha value is -2.43. The van der Waals surface area contributed by atoms with E-state index in [-0.39, 0.29) is 0 Å². The van der Waals surface area contributed by atoms with Crippen LogP contribution in [0.25, 0.3) is 11.0 Å². The van der Waals surface area contributed by atoms with Gasteiger partial charge in [0, 0.05) is 25.1 Å². The number of aromatic nitrogens is 4. The molecule has 0 atom stereocenters.